The fourth-order valence-corrected chi connectivity index (χ4v) is 4.67. The molecule has 2 aromatic carbocycles. The molecule has 2 aliphatic rings. The Morgan fingerprint density at radius 3 is 2.60 bits per heavy atom. The standard InChI is InChI=1S/C25H20N6O4/c32-24(16-7-8-19-21(14-16)35-15-34-19)29-9-11-30(12-10-29)25-26-18-5-2-1-4-17(18)22-27-28-23(31(22)25)20-6-3-13-33-20/h1-8,13-14H,9-12,15H2. The van der Waals surface area contributed by atoms with Gasteiger partial charge in [0.2, 0.25) is 18.6 Å². The van der Waals surface area contributed by atoms with E-state index in [-0.39, 0.29) is 12.7 Å². The first-order valence-corrected chi connectivity index (χ1v) is 11.4. The lowest BCUT2D eigenvalue weighted by atomic mass is 10.1. The second-order valence-electron chi connectivity index (χ2n) is 8.44. The Labute approximate surface area is 199 Å². The highest BCUT2D eigenvalue weighted by atomic mass is 16.7. The number of rotatable bonds is 3. The van der Waals surface area contributed by atoms with Crippen molar-refractivity contribution < 1.29 is 18.7 Å². The maximum Gasteiger partial charge on any atom is 0.254 e. The fourth-order valence-electron chi connectivity index (χ4n) is 4.67. The zero-order valence-electron chi connectivity index (χ0n) is 18.6. The topological polar surface area (TPSA) is 98.2 Å². The number of aromatic nitrogens is 4. The van der Waals surface area contributed by atoms with E-state index in [0.29, 0.717) is 54.8 Å². The molecule has 2 aliphatic heterocycles. The molecule has 1 fully saturated rings. The summed E-state index contributed by atoms with van der Waals surface area (Å²) < 4.78 is 18.4. The molecule has 0 radical (unpaired) electrons. The van der Waals surface area contributed by atoms with Crippen LogP contribution in [-0.2, 0) is 0 Å². The number of nitrogens with zero attached hydrogens (tertiary/aromatic N) is 6. The Bertz CT molecular complexity index is 1570. The van der Waals surface area contributed by atoms with Gasteiger partial charge in [-0.25, -0.2) is 9.38 Å². The number of carbonyl (C=O) groups is 1. The minimum atomic E-state index is -0.0276. The maximum absolute atomic E-state index is 13.2. The Balaban J connectivity index is 1.21. The number of furan rings is 1. The van der Waals surface area contributed by atoms with Crippen LogP contribution in [0.4, 0.5) is 5.95 Å². The zero-order chi connectivity index (χ0) is 23.4. The van der Waals surface area contributed by atoms with E-state index in [1.54, 1.807) is 24.5 Å². The van der Waals surface area contributed by atoms with E-state index >= 15 is 0 Å². The molecule has 5 heterocycles. The summed E-state index contributed by atoms with van der Waals surface area (Å²) in [4.78, 5) is 22.1. The molecule has 0 unspecified atom stereocenters. The number of ether oxygens (including phenoxy) is 2. The molecule has 1 saturated heterocycles. The van der Waals surface area contributed by atoms with Crippen LogP contribution in [0.5, 0.6) is 11.5 Å². The van der Waals surface area contributed by atoms with Gasteiger partial charge in [-0.3, -0.25) is 4.79 Å². The number of anilines is 1. The first kappa shape index (κ1) is 19.8. The number of benzene rings is 2. The number of piperazine rings is 1. The summed E-state index contributed by atoms with van der Waals surface area (Å²) in [5.74, 6) is 3.18. The van der Waals surface area contributed by atoms with Gasteiger partial charge in [0.15, 0.2) is 22.9 Å². The third-order valence-electron chi connectivity index (χ3n) is 6.44. The minimum absolute atomic E-state index is 0.0276. The van der Waals surface area contributed by atoms with Crippen molar-refractivity contribution in [3.8, 4) is 23.1 Å². The van der Waals surface area contributed by atoms with Crippen molar-refractivity contribution in [1.82, 2.24) is 24.5 Å². The van der Waals surface area contributed by atoms with Gasteiger partial charge in [0.25, 0.3) is 5.91 Å². The number of fused-ring (bicyclic) bond motifs is 4. The number of para-hydroxylation sites is 1. The second kappa shape index (κ2) is 7.73. The van der Waals surface area contributed by atoms with Crippen LogP contribution in [0.3, 0.4) is 0 Å². The van der Waals surface area contributed by atoms with Gasteiger partial charge in [-0.05, 0) is 42.5 Å². The molecule has 3 aromatic heterocycles. The average Bonchev–Trinajstić information content (AvgIpc) is 3.68. The number of hydrogen-bond donors (Lipinski definition) is 0. The monoisotopic (exact) mass is 468 g/mol. The first-order chi connectivity index (χ1) is 17.3. The number of carbonyl (C=O) groups excluding carboxylic acids is 1. The van der Waals surface area contributed by atoms with Crippen molar-refractivity contribution in [2.24, 2.45) is 0 Å². The molecule has 35 heavy (non-hydrogen) atoms. The molecule has 7 rings (SSSR count). The summed E-state index contributed by atoms with van der Waals surface area (Å²) in [5, 5.41) is 9.80. The third-order valence-corrected chi connectivity index (χ3v) is 6.44. The molecule has 5 aromatic rings. The van der Waals surface area contributed by atoms with Crippen molar-refractivity contribution in [1.29, 1.82) is 0 Å². The van der Waals surface area contributed by atoms with Gasteiger partial charge >= 0.3 is 0 Å². The SMILES string of the molecule is O=C(c1ccc2c(c1)OCO2)N1CCN(c2nc3ccccc3c3nnc(-c4ccco4)n23)CC1. The van der Waals surface area contributed by atoms with E-state index in [1.807, 2.05) is 45.7 Å². The van der Waals surface area contributed by atoms with E-state index in [9.17, 15) is 4.79 Å². The van der Waals surface area contributed by atoms with Crippen LogP contribution in [0.1, 0.15) is 10.4 Å². The number of amides is 1. The molecule has 0 aliphatic carbocycles. The molecule has 10 heteroatoms. The molecule has 10 nitrogen and oxygen atoms in total. The lowest BCUT2D eigenvalue weighted by molar-refractivity contribution is 0.0745. The molecule has 0 bridgehead atoms. The fraction of sp³-hybridized carbons (Fsp3) is 0.200. The maximum atomic E-state index is 13.2. The van der Waals surface area contributed by atoms with Crippen molar-refractivity contribution in [3.05, 3.63) is 66.4 Å². The summed E-state index contributed by atoms with van der Waals surface area (Å²) in [6, 6.07) is 16.9. The smallest absolute Gasteiger partial charge is 0.254 e. The van der Waals surface area contributed by atoms with Crippen LogP contribution in [-0.4, -0.2) is 63.4 Å². The van der Waals surface area contributed by atoms with Crippen LogP contribution in [0.25, 0.3) is 28.1 Å². The predicted octanol–water partition coefficient (Wildman–Crippen LogP) is 3.23. The Hall–Kier alpha value is -4.60. The van der Waals surface area contributed by atoms with E-state index < -0.39 is 0 Å². The minimum Gasteiger partial charge on any atom is -0.461 e. The normalized spacial score (nSPS) is 15.3. The molecule has 1 amide bonds. The van der Waals surface area contributed by atoms with Gasteiger partial charge < -0.3 is 23.7 Å². The van der Waals surface area contributed by atoms with Crippen molar-refractivity contribution in [3.63, 3.8) is 0 Å². The van der Waals surface area contributed by atoms with Gasteiger partial charge in [0.05, 0.1) is 11.8 Å². The van der Waals surface area contributed by atoms with Gasteiger partial charge in [0, 0.05) is 37.1 Å². The van der Waals surface area contributed by atoms with E-state index in [2.05, 4.69) is 15.1 Å². The average molecular weight is 468 g/mol. The molecular weight excluding hydrogens is 448 g/mol. The summed E-state index contributed by atoms with van der Waals surface area (Å²) in [5.41, 5.74) is 2.15. The third kappa shape index (κ3) is 3.17. The van der Waals surface area contributed by atoms with Crippen LogP contribution >= 0.6 is 0 Å². The van der Waals surface area contributed by atoms with Gasteiger partial charge in [-0.2, -0.15) is 0 Å². The molecular formula is C25H20N6O4. The van der Waals surface area contributed by atoms with Crippen LogP contribution < -0.4 is 14.4 Å². The first-order valence-electron chi connectivity index (χ1n) is 11.4. The largest absolute Gasteiger partial charge is 0.461 e. The molecule has 0 spiro atoms. The Kier molecular flexibility index (Phi) is 4.38. The number of hydrogen-bond acceptors (Lipinski definition) is 8. The highest BCUT2D eigenvalue weighted by Crippen LogP contribution is 2.33. The molecule has 0 saturated carbocycles. The van der Waals surface area contributed by atoms with Crippen molar-refractivity contribution in [2.75, 3.05) is 37.9 Å². The Morgan fingerprint density at radius 2 is 1.74 bits per heavy atom. The lowest BCUT2D eigenvalue weighted by Gasteiger charge is -2.35. The zero-order valence-corrected chi connectivity index (χ0v) is 18.6. The summed E-state index contributed by atoms with van der Waals surface area (Å²) in [6.45, 7) is 2.53. The Morgan fingerprint density at radius 1 is 0.886 bits per heavy atom. The highest BCUT2D eigenvalue weighted by Gasteiger charge is 2.27. The van der Waals surface area contributed by atoms with Gasteiger partial charge in [-0.1, -0.05) is 12.1 Å². The summed E-state index contributed by atoms with van der Waals surface area (Å²) in [6.07, 6.45) is 1.62. The van der Waals surface area contributed by atoms with E-state index in [1.165, 1.54) is 0 Å². The van der Waals surface area contributed by atoms with E-state index in [0.717, 1.165) is 22.5 Å². The summed E-state index contributed by atoms with van der Waals surface area (Å²) in [7, 11) is 0. The van der Waals surface area contributed by atoms with Crippen molar-refractivity contribution in [2.45, 2.75) is 0 Å². The predicted molar refractivity (Wildman–Crippen MR) is 127 cm³/mol. The van der Waals surface area contributed by atoms with Crippen molar-refractivity contribution >= 4 is 28.4 Å². The highest BCUT2D eigenvalue weighted by molar-refractivity contribution is 5.95. The van der Waals surface area contributed by atoms with Crippen LogP contribution in [0.2, 0.25) is 0 Å². The van der Waals surface area contributed by atoms with E-state index in [4.69, 9.17) is 18.9 Å². The molecule has 0 N–H and O–H groups in total. The van der Waals surface area contributed by atoms with Gasteiger partial charge in [-0.15, -0.1) is 10.2 Å². The van der Waals surface area contributed by atoms with Crippen LogP contribution in [0, 0.1) is 0 Å². The summed E-state index contributed by atoms with van der Waals surface area (Å²) >= 11 is 0. The molecule has 0 atom stereocenters. The van der Waals surface area contributed by atoms with Gasteiger partial charge in [0.1, 0.15) is 0 Å². The quantitative estimate of drug-likeness (QED) is 0.398. The molecule has 174 valence electrons. The van der Waals surface area contributed by atoms with Crippen LogP contribution in [0.15, 0.2) is 65.3 Å². The lowest BCUT2D eigenvalue weighted by Crippen LogP contribution is -2.49. The second-order valence-corrected chi connectivity index (χ2v) is 8.44.